The minimum Gasteiger partial charge on any atom is -0.379 e. The Bertz CT molecular complexity index is 2230. The van der Waals surface area contributed by atoms with Gasteiger partial charge in [-0.25, -0.2) is 4.98 Å². The second-order valence-corrected chi connectivity index (χ2v) is 16.0. The average molecular weight is 884 g/mol. The van der Waals surface area contributed by atoms with Gasteiger partial charge in [-0.1, -0.05) is 55.3 Å². The minimum absolute atomic E-state index is 0.0243. The van der Waals surface area contributed by atoms with E-state index in [4.69, 9.17) is 14.2 Å². The number of carbonyl (C=O) groups is 7. The van der Waals surface area contributed by atoms with Gasteiger partial charge in [0.25, 0.3) is 17.7 Å². The third-order valence-corrected chi connectivity index (χ3v) is 11.2. The van der Waals surface area contributed by atoms with E-state index >= 15 is 0 Å². The number of hydrogen-bond donors (Lipinski definition) is 5. The van der Waals surface area contributed by atoms with Gasteiger partial charge in [-0.05, 0) is 74.6 Å². The first kappa shape index (κ1) is 46.6. The fourth-order valence-corrected chi connectivity index (χ4v) is 7.78. The molecule has 5 N–H and O–H groups in total. The number of aromatic amines is 1. The van der Waals surface area contributed by atoms with Crippen molar-refractivity contribution >= 4 is 75.5 Å². The maximum absolute atomic E-state index is 13.2. The van der Waals surface area contributed by atoms with Gasteiger partial charge in [-0.15, -0.1) is 0 Å². The fourth-order valence-electron chi connectivity index (χ4n) is 7.09. The number of aromatic nitrogens is 2. The number of para-hydroxylation sites is 2. The fraction of sp³-hybridized carbons (Fsp3) is 0.422. The predicted molar refractivity (Wildman–Crippen MR) is 235 cm³/mol. The summed E-state index contributed by atoms with van der Waals surface area (Å²) in [6.07, 6.45) is 6.12. The number of unbranched alkanes of at least 4 members (excludes halogenated alkanes) is 5. The number of amides is 7. The van der Waals surface area contributed by atoms with Gasteiger partial charge in [-0.2, -0.15) is 0 Å². The average Bonchev–Trinajstić information content (AvgIpc) is 3.81. The van der Waals surface area contributed by atoms with Crippen LogP contribution in [0.1, 0.15) is 95.3 Å². The van der Waals surface area contributed by atoms with E-state index in [1.165, 1.54) is 17.8 Å². The standard InChI is InChI=1S/C45H53N7O10S/c53-37(48-35-17-11-14-32-40(35)44(59)52(43(32)58)36-19-20-38(54)51-42(36)57)18-4-3-9-23-61-25-27-62-26-24-60-22-8-2-1-7-21-46-41(56)30-12-10-13-31(28-30)47-39(55)29-63-45-49-33-15-5-6-16-34(33)50-45/h5-6,10-17,28,36H,1-4,7-9,18-27,29H2,(H,46,56)(H,47,55)(H,48,53)(H,49,50)(H,51,54,57). The Balaban J connectivity index is 0.711. The van der Waals surface area contributed by atoms with Crippen LogP contribution in [-0.4, -0.2) is 114 Å². The van der Waals surface area contributed by atoms with Crippen LogP contribution >= 0.6 is 11.8 Å². The lowest BCUT2D eigenvalue weighted by molar-refractivity contribution is -0.136. The van der Waals surface area contributed by atoms with Crippen LogP contribution in [0.15, 0.2) is 71.9 Å². The summed E-state index contributed by atoms with van der Waals surface area (Å²) in [4.78, 5) is 96.6. The highest BCUT2D eigenvalue weighted by molar-refractivity contribution is 7.99. The number of H-pyrrole nitrogens is 1. The van der Waals surface area contributed by atoms with Crippen LogP contribution in [0.2, 0.25) is 0 Å². The molecule has 1 aromatic heterocycles. The van der Waals surface area contributed by atoms with E-state index in [0.29, 0.717) is 69.0 Å². The molecule has 334 valence electrons. The van der Waals surface area contributed by atoms with Crippen LogP contribution in [0, 0.1) is 0 Å². The zero-order chi connectivity index (χ0) is 44.4. The Hall–Kier alpha value is -5.95. The topological polar surface area (TPSA) is 227 Å². The van der Waals surface area contributed by atoms with E-state index in [1.807, 2.05) is 24.3 Å². The molecule has 18 heteroatoms. The first-order valence-electron chi connectivity index (χ1n) is 21.3. The molecular formula is C45H53N7O10S. The number of nitrogens with zero attached hydrogens (tertiary/aromatic N) is 2. The van der Waals surface area contributed by atoms with Crippen molar-refractivity contribution in [2.24, 2.45) is 0 Å². The lowest BCUT2D eigenvalue weighted by atomic mass is 10.0. The number of carbonyl (C=O) groups excluding carboxylic acids is 7. The van der Waals surface area contributed by atoms with Gasteiger partial charge < -0.3 is 35.1 Å². The Morgan fingerprint density at radius 2 is 1.46 bits per heavy atom. The number of ether oxygens (including phenoxy) is 3. The van der Waals surface area contributed by atoms with Crippen molar-refractivity contribution in [3.63, 3.8) is 0 Å². The monoisotopic (exact) mass is 883 g/mol. The maximum Gasteiger partial charge on any atom is 0.264 e. The number of imide groups is 2. The van der Waals surface area contributed by atoms with Crippen molar-refractivity contribution in [3.8, 4) is 0 Å². The number of fused-ring (bicyclic) bond motifs is 2. The molecule has 0 bridgehead atoms. The Labute approximate surface area is 369 Å². The number of hydrogen-bond acceptors (Lipinski definition) is 12. The number of benzene rings is 3. The maximum atomic E-state index is 13.2. The molecule has 2 aliphatic rings. The molecule has 4 aromatic rings. The Kier molecular flexibility index (Phi) is 17.8. The highest BCUT2D eigenvalue weighted by atomic mass is 32.2. The van der Waals surface area contributed by atoms with Gasteiger partial charge in [0.1, 0.15) is 6.04 Å². The van der Waals surface area contributed by atoms with Gasteiger partial charge in [-0.3, -0.25) is 43.8 Å². The number of nitrogens with one attached hydrogen (secondary N) is 5. The second-order valence-electron chi connectivity index (χ2n) is 15.0. The van der Waals surface area contributed by atoms with Gasteiger partial charge in [0.2, 0.25) is 23.6 Å². The van der Waals surface area contributed by atoms with Crippen molar-refractivity contribution in [2.45, 2.75) is 75.4 Å². The summed E-state index contributed by atoms with van der Waals surface area (Å²) >= 11 is 1.32. The third-order valence-electron chi connectivity index (χ3n) is 10.3. The van der Waals surface area contributed by atoms with E-state index in [2.05, 4.69) is 31.2 Å². The summed E-state index contributed by atoms with van der Waals surface area (Å²) in [5.74, 6) is -2.93. The van der Waals surface area contributed by atoms with Gasteiger partial charge in [0.15, 0.2) is 5.16 Å². The van der Waals surface area contributed by atoms with E-state index in [9.17, 15) is 33.6 Å². The highest BCUT2D eigenvalue weighted by Crippen LogP contribution is 2.32. The normalized spacial score (nSPS) is 14.8. The number of piperidine rings is 1. The third kappa shape index (κ3) is 13.8. The largest absolute Gasteiger partial charge is 0.379 e. The molecule has 3 aromatic carbocycles. The molecule has 7 amide bonds. The molecule has 2 aliphatic heterocycles. The summed E-state index contributed by atoms with van der Waals surface area (Å²) in [7, 11) is 0. The van der Waals surface area contributed by atoms with Gasteiger partial charge in [0.05, 0.1) is 60.0 Å². The van der Waals surface area contributed by atoms with Crippen molar-refractivity contribution in [2.75, 3.05) is 62.6 Å². The summed E-state index contributed by atoms with van der Waals surface area (Å²) in [5, 5.41) is 11.4. The summed E-state index contributed by atoms with van der Waals surface area (Å²) in [6.45, 7) is 3.58. The molecular weight excluding hydrogens is 831 g/mol. The number of anilines is 2. The first-order valence-corrected chi connectivity index (χ1v) is 22.3. The molecule has 3 heterocycles. The molecule has 0 spiro atoms. The molecule has 0 saturated carbocycles. The van der Waals surface area contributed by atoms with Crippen LogP contribution in [0.4, 0.5) is 11.4 Å². The highest BCUT2D eigenvalue weighted by Gasteiger charge is 2.45. The van der Waals surface area contributed by atoms with Crippen LogP contribution in [0.3, 0.4) is 0 Å². The van der Waals surface area contributed by atoms with E-state index in [0.717, 1.165) is 54.5 Å². The smallest absolute Gasteiger partial charge is 0.264 e. The molecule has 1 fully saturated rings. The van der Waals surface area contributed by atoms with E-state index in [-0.39, 0.29) is 59.6 Å². The predicted octanol–water partition coefficient (Wildman–Crippen LogP) is 5.23. The lowest BCUT2D eigenvalue weighted by Gasteiger charge is -2.27. The van der Waals surface area contributed by atoms with Crippen LogP contribution in [0.25, 0.3) is 11.0 Å². The molecule has 1 atom stereocenters. The lowest BCUT2D eigenvalue weighted by Crippen LogP contribution is -2.54. The Morgan fingerprint density at radius 1 is 0.746 bits per heavy atom. The first-order chi connectivity index (χ1) is 30.7. The van der Waals surface area contributed by atoms with E-state index < -0.39 is 29.7 Å². The number of imidazole rings is 1. The zero-order valence-corrected chi connectivity index (χ0v) is 35.9. The minimum atomic E-state index is -1.08. The molecule has 0 radical (unpaired) electrons. The second kappa shape index (κ2) is 24.0. The summed E-state index contributed by atoms with van der Waals surface area (Å²) in [6, 6.07) is 18.1. The Morgan fingerprint density at radius 3 is 2.22 bits per heavy atom. The van der Waals surface area contributed by atoms with Crippen molar-refractivity contribution in [3.05, 3.63) is 83.4 Å². The number of rotatable bonds is 26. The summed E-state index contributed by atoms with van der Waals surface area (Å²) in [5.41, 5.74) is 3.18. The molecule has 17 nitrogen and oxygen atoms in total. The van der Waals surface area contributed by atoms with Gasteiger partial charge in [0, 0.05) is 43.9 Å². The number of thioether (sulfide) groups is 1. The quantitative estimate of drug-likeness (QED) is 0.0310. The van der Waals surface area contributed by atoms with Crippen molar-refractivity contribution < 1.29 is 47.8 Å². The van der Waals surface area contributed by atoms with Crippen LogP contribution in [0.5, 0.6) is 0 Å². The zero-order valence-electron chi connectivity index (χ0n) is 35.0. The molecule has 0 aliphatic carbocycles. The molecule has 63 heavy (non-hydrogen) atoms. The van der Waals surface area contributed by atoms with E-state index in [1.54, 1.807) is 36.4 Å². The van der Waals surface area contributed by atoms with Crippen LogP contribution < -0.4 is 21.3 Å². The van der Waals surface area contributed by atoms with Crippen LogP contribution in [-0.2, 0) is 33.4 Å². The van der Waals surface area contributed by atoms with Crippen molar-refractivity contribution in [1.82, 2.24) is 25.5 Å². The molecule has 1 saturated heterocycles. The SMILES string of the molecule is O=C1CCC(N2C(=O)c3cccc(NC(=O)CCCCCOCCOCCOCCCCCCNC(=O)c4cccc(NC(=O)CSc5nc6ccccc6[nH]5)c4)c3C2=O)C(=O)N1. The summed E-state index contributed by atoms with van der Waals surface area (Å²) < 4.78 is 16.9. The van der Waals surface area contributed by atoms with Crippen molar-refractivity contribution in [1.29, 1.82) is 0 Å². The van der Waals surface area contributed by atoms with Gasteiger partial charge >= 0.3 is 0 Å². The molecule has 6 rings (SSSR count). The molecule has 1 unspecified atom stereocenters.